The fourth-order valence-electron chi connectivity index (χ4n) is 2.03. The summed E-state index contributed by atoms with van der Waals surface area (Å²) in [6.45, 7) is 4.26. The number of hydrogen-bond donors (Lipinski definition) is 2. The molecule has 1 fully saturated rings. The zero-order valence-corrected chi connectivity index (χ0v) is 12.8. The number of nitrogens with one attached hydrogen (secondary N) is 2. The topological polar surface area (TPSA) is 117 Å². The molecule has 1 aromatic rings. The van der Waals surface area contributed by atoms with Crippen molar-refractivity contribution in [3.8, 4) is 0 Å². The molecule has 0 bridgehead atoms. The Morgan fingerprint density at radius 3 is 2.73 bits per heavy atom. The third-order valence-electron chi connectivity index (χ3n) is 3.14. The van der Waals surface area contributed by atoms with Gasteiger partial charge in [0.1, 0.15) is 6.04 Å². The van der Waals surface area contributed by atoms with Gasteiger partial charge in [0.05, 0.1) is 13.0 Å². The summed E-state index contributed by atoms with van der Waals surface area (Å²) in [6, 6.07) is -1.41. The van der Waals surface area contributed by atoms with Crippen LogP contribution in [0.3, 0.4) is 0 Å². The molecule has 0 spiro atoms. The van der Waals surface area contributed by atoms with Crippen LogP contribution in [0.2, 0.25) is 0 Å². The van der Waals surface area contributed by atoms with Gasteiger partial charge in [0.25, 0.3) is 5.91 Å². The average molecular weight is 309 g/mol. The summed E-state index contributed by atoms with van der Waals surface area (Å²) >= 11 is 0. The molecule has 1 saturated heterocycles. The number of urea groups is 1. The maximum Gasteiger partial charge on any atom is 0.322 e. The number of imide groups is 1. The molecule has 0 aliphatic carbocycles. The van der Waals surface area contributed by atoms with Crippen molar-refractivity contribution in [2.75, 3.05) is 7.05 Å². The van der Waals surface area contributed by atoms with Crippen molar-refractivity contribution in [2.24, 2.45) is 5.92 Å². The SMILES string of the molecule is CC(C)Cc1noc(CN(C)C(=O)CC2NC(=O)NC2=O)n1. The molecule has 2 heterocycles. The number of carbonyl (C=O) groups excluding carboxylic acids is 3. The van der Waals surface area contributed by atoms with Gasteiger partial charge >= 0.3 is 6.03 Å². The van der Waals surface area contributed by atoms with Gasteiger partial charge in [0.15, 0.2) is 5.82 Å². The summed E-state index contributed by atoms with van der Waals surface area (Å²) in [5, 5.41) is 8.31. The van der Waals surface area contributed by atoms with E-state index in [-0.39, 0.29) is 18.9 Å². The Labute approximate surface area is 127 Å². The predicted molar refractivity (Wildman–Crippen MR) is 74.4 cm³/mol. The molecule has 22 heavy (non-hydrogen) atoms. The quantitative estimate of drug-likeness (QED) is 0.704. The minimum Gasteiger partial charge on any atom is -0.337 e. The van der Waals surface area contributed by atoms with Gasteiger partial charge in [0, 0.05) is 13.5 Å². The predicted octanol–water partition coefficient (Wildman–Crippen LogP) is -0.175. The van der Waals surface area contributed by atoms with Crippen molar-refractivity contribution < 1.29 is 18.9 Å². The molecule has 1 aliphatic rings. The summed E-state index contributed by atoms with van der Waals surface area (Å²) < 4.78 is 5.09. The lowest BCUT2D eigenvalue weighted by Crippen LogP contribution is -2.37. The molecule has 1 unspecified atom stereocenters. The highest BCUT2D eigenvalue weighted by molar-refractivity contribution is 6.05. The minimum absolute atomic E-state index is 0.110. The van der Waals surface area contributed by atoms with Gasteiger partial charge in [-0.15, -0.1) is 0 Å². The lowest BCUT2D eigenvalue weighted by atomic mass is 10.1. The van der Waals surface area contributed by atoms with E-state index >= 15 is 0 Å². The first kappa shape index (κ1) is 15.9. The molecule has 9 nitrogen and oxygen atoms in total. The molecule has 4 amide bonds. The van der Waals surface area contributed by atoms with Crippen molar-refractivity contribution in [1.82, 2.24) is 25.7 Å². The number of rotatable bonds is 6. The molecule has 1 aromatic heterocycles. The summed E-state index contributed by atoms with van der Waals surface area (Å²) in [6.07, 6.45) is 0.594. The Bertz CT molecular complexity index is 583. The van der Waals surface area contributed by atoms with Crippen LogP contribution in [0.25, 0.3) is 0 Å². The van der Waals surface area contributed by atoms with Crippen LogP contribution in [-0.4, -0.2) is 46.0 Å². The zero-order valence-electron chi connectivity index (χ0n) is 12.8. The standard InChI is InChI=1S/C13H19N5O4/c1-7(2)4-9-15-10(22-17-9)6-18(3)11(19)5-8-12(20)16-13(21)14-8/h7-8H,4-6H2,1-3H3,(H2,14,16,20,21). The highest BCUT2D eigenvalue weighted by atomic mass is 16.5. The monoisotopic (exact) mass is 309 g/mol. The van der Waals surface area contributed by atoms with Crippen molar-refractivity contribution in [1.29, 1.82) is 0 Å². The van der Waals surface area contributed by atoms with Gasteiger partial charge in [-0.2, -0.15) is 4.98 Å². The molecule has 120 valence electrons. The number of nitrogens with zero attached hydrogens (tertiary/aromatic N) is 3. The Hall–Kier alpha value is -2.45. The summed E-state index contributed by atoms with van der Waals surface area (Å²) in [5.41, 5.74) is 0. The molecular formula is C13H19N5O4. The van der Waals surface area contributed by atoms with E-state index < -0.39 is 18.0 Å². The Balaban J connectivity index is 1.87. The average Bonchev–Trinajstić information content (AvgIpc) is 2.96. The molecule has 9 heteroatoms. The first-order valence-corrected chi connectivity index (χ1v) is 7.02. The minimum atomic E-state index is -0.832. The molecule has 0 radical (unpaired) electrons. The van der Waals surface area contributed by atoms with E-state index in [1.54, 1.807) is 7.05 Å². The van der Waals surface area contributed by atoms with E-state index in [0.717, 1.165) is 0 Å². The van der Waals surface area contributed by atoms with E-state index in [1.807, 2.05) is 13.8 Å². The first-order valence-electron chi connectivity index (χ1n) is 7.02. The lowest BCUT2D eigenvalue weighted by Gasteiger charge is -2.16. The molecule has 0 aromatic carbocycles. The Morgan fingerprint density at radius 1 is 1.41 bits per heavy atom. The fraction of sp³-hybridized carbons (Fsp3) is 0.615. The van der Waals surface area contributed by atoms with Crippen molar-refractivity contribution >= 4 is 17.8 Å². The highest BCUT2D eigenvalue weighted by Gasteiger charge is 2.32. The fourth-order valence-corrected chi connectivity index (χ4v) is 2.03. The molecule has 1 aliphatic heterocycles. The maximum absolute atomic E-state index is 12.0. The van der Waals surface area contributed by atoms with Crippen LogP contribution in [0.1, 0.15) is 32.0 Å². The smallest absolute Gasteiger partial charge is 0.322 e. The van der Waals surface area contributed by atoms with Gasteiger partial charge in [-0.05, 0) is 5.92 Å². The van der Waals surface area contributed by atoms with Crippen molar-refractivity contribution in [3.63, 3.8) is 0 Å². The molecular weight excluding hydrogens is 290 g/mol. The third kappa shape index (κ3) is 4.03. The largest absolute Gasteiger partial charge is 0.337 e. The van der Waals surface area contributed by atoms with E-state index in [2.05, 4.69) is 20.8 Å². The molecule has 1 atom stereocenters. The number of carbonyl (C=O) groups is 3. The van der Waals surface area contributed by atoms with Gasteiger partial charge < -0.3 is 14.7 Å². The molecule has 2 N–H and O–H groups in total. The first-order chi connectivity index (χ1) is 10.3. The second-order valence-corrected chi connectivity index (χ2v) is 5.67. The van der Waals surface area contributed by atoms with Crippen LogP contribution in [0.15, 0.2) is 4.52 Å². The second-order valence-electron chi connectivity index (χ2n) is 5.67. The van der Waals surface area contributed by atoms with Crippen LogP contribution < -0.4 is 10.6 Å². The van der Waals surface area contributed by atoms with Gasteiger partial charge in [-0.3, -0.25) is 14.9 Å². The van der Waals surface area contributed by atoms with Crippen molar-refractivity contribution in [2.45, 2.75) is 39.3 Å². The highest BCUT2D eigenvalue weighted by Crippen LogP contribution is 2.08. The van der Waals surface area contributed by atoms with Crippen molar-refractivity contribution in [3.05, 3.63) is 11.7 Å². The second kappa shape index (κ2) is 6.54. The normalized spacial score (nSPS) is 17.5. The maximum atomic E-state index is 12.0. The Morgan fingerprint density at radius 2 is 2.14 bits per heavy atom. The number of amides is 4. The lowest BCUT2D eigenvalue weighted by molar-refractivity contribution is -0.133. The van der Waals surface area contributed by atoms with Crippen LogP contribution in [0.4, 0.5) is 4.79 Å². The van der Waals surface area contributed by atoms with E-state index in [1.165, 1.54) is 4.90 Å². The van der Waals surface area contributed by atoms with Gasteiger partial charge in [0.2, 0.25) is 11.8 Å². The van der Waals surface area contributed by atoms with Crippen LogP contribution in [-0.2, 0) is 22.6 Å². The summed E-state index contributed by atoms with van der Waals surface area (Å²) in [5.74, 6) is 0.559. The molecule has 2 rings (SSSR count). The van der Waals surface area contributed by atoms with Gasteiger partial charge in [-0.1, -0.05) is 19.0 Å². The van der Waals surface area contributed by atoms with E-state index in [4.69, 9.17) is 4.52 Å². The third-order valence-corrected chi connectivity index (χ3v) is 3.14. The zero-order chi connectivity index (χ0) is 16.3. The summed E-state index contributed by atoms with van der Waals surface area (Å²) in [4.78, 5) is 40.0. The Kier molecular flexibility index (Phi) is 4.74. The van der Waals surface area contributed by atoms with Gasteiger partial charge in [-0.25, -0.2) is 4.79 Å². The van der Waals surface area contributed by atoms with E-state index in [0.29, 0.717) is 24.1 Å². The van der Waals surface area contributed by atoms with Crippen LogP contribution >= 0.6 is 0 Å². The number of hydrogen-bond acceptors (Lipinski definition) is 6. The van der Waals surface area contributed by atoms with Crippen LogP contribution in [0, 0.1) is 5.92 Å². The van der Waals surface area contributed by atoms with Crippen LogP contribution in [0.5, 0.6) is 0 Å². The molecule has 0 saturated carbocycles. The van der Waals surface area contributed by atoms with E-state index in [9.17, 15) is 14.4 Å². The number of aromatic nitrogens is 2. The summed E-state index contributed by atoms with van der Waals surface area (Å²) in [7, 11) is 1.57.